The molecule has 0 saturated carbocycles. The molecule has 1 aliphatic heterocycles. The number of aliphatic imine (C=N–C) groups is 1. The van der Waals surface area contributed by atoms with Gasteiger partial charge < -0.3 is 15.1 Å². The molecule has 3 aromatic rings. The minimum atomic E-state index is -0.338. The number of likely N-dealkylation sites (tertiary alicyclic amines) is 1. The number of nitrogens with one attached hydrogen (secondary N) is 1. The van der Waals surface area contributed by atoms with Crippen molar-refractivity contribution in [2.24, 2.45) is 10.9 Å². The van der Waals surface area contributed by atoms with Crippen molar-refractivity contribution in [3.05, 3.63) is 84.6 Å². The first kappa shape index (κ1) is 34.3. The molecule has 2 heterocycles. The smallest absolute Gasteiger partial charge is 0.207 e. The quantitative estimate of drug-likeness (QED) is 0.115. The number of piperidine rings is 1. The molecule has 44 heavy (non-hydrogen) atoms. The summed E-state index contributed by atoms with van der Waals surface area (Å²) < 4.78 is 28.7. The fourth-order valence-corrected chi connectivity index (χ4v) is 4.74. The van der Waals surface area contributed by atoms with Gasteiger partial charge in [-0.05, 0) is 114 Å². The Morgan fingerprint density at radius 3 is 2.20 bits per heavy atom. The van der Waals surface area contributed by atoms with Gasteiger partial charge in [0, 0.05) is 43.5 Å². The number of hydrogen-bond donors (Lipinski definition) is 1. The van der Waals surface area contributed by atoms with Crippen LogP contribution in [0.4, 0.5) is 8.78 Å². The van der Waals surface area contributed by atoms with Crippen molar-refractivity contribution in [1.82, 2.24) is 29.9 Å². The van der Waals surface area contributed by atoms with Crippen LogP contribution in [0.15, 0.2) is 78.0 Å². The minimum absolute atomic E-state index is 0.337. The van der Waals surface area contributed by atoms with Gasteiger partial charge in [-0.1, -0.05) is 19.1 Å². The zero-order valence-corrected chi connectivity index (χ0v) is 26.3. The van der Waals surface area contributed by atoms with Gasteiger partial charge in [0.1, 0.15) is 17.5 Å². The Hall–Kier alpha value is -4.18. The molecule has 8 nitrogen and oxygen atoms in total. The van der Waals surface area contributed by atoms with Crippen LogP contribution in [-0.2, 0) is 11.3 Å². The van der Waals surface area contributed by atoms with Gasteiger partial charge in [0.15, 0.2) is 11.6 Å². The lowest BCUT2D eigenvalue weighted by molar-refractivity contribution is -0.109. The Morgan fingerprint density at radius 1 is 1.05 bits per heavy atom. The molecule has 1 aromatic heterocycles. The summed E-state index contributed by atoms with van der Waals surface area (Å²) >= 11 is 0. The molecule has 1 saturated heterocycles. The number of aromatic nitrogens is 3. The molecule has 1 amide bonds. The van der Waals surface area contributed by atoms with Crippen LogP contribution in [0, 0.1) is 17.6 Å². The fraction of sp³-hybridized carbons (Fsp3) is 0.412. The van der Waals surface area contributed by atoms with E-state index in [1.165, 1.54) is 56.4 Å². The number of carbonyl (C=O) groups excluding carboxylic acids is 1. The van der Waals surface area contributed by atoms with Crippen molar-refractivity contribution < 1.29 is 13.6 Å². The van der Waals surface area contributed by atoms with Crippen molar-refractivity contribution >= 4 is 12.2 Å². The largest absolute Gasteiger partial charge is 0.357 e. The van der Waals surface area contributed by atoms with Gasteiger partial charge in [0.25, 0.3) is 0 Å². The van der Waals surface area contributed by atoms with Crippen LogP contribution >= 0.6 is 0 Å². The number of nitrogens with zero attached hydrogens (tertiary/aromatic N) is 6. The third-order valence-electron chi connectivity index (χ3n) is 7.26. The summed E-state index contributed by atoms with van der Waals surface area (Å²) in [6.07, 6.45) is 7.62. The Bertz CT molecular complexity index is 1360. The molecule has 10 heteroatoms. The standard InChI is InChI=1S/C27H30F2N6O.C7H15N/c1-4-31-25(18-20(2)3)34(17-14-30-19-36)15-5-16-35-27(22-8-12-24(29)13-9-22)32-26(33-35)21-6-10-23(28)11-7-21;1-7-3-5-8(2)6-4-7/h4,6-13,18-19H,1,5,14-17H2,2-3H3,(H,30,36);7H,3-6H2,1-2H3. The number of aryl methyl sites for hydroxylation is 1. The van der Waals surface area contributed by atoms with Crippen LogP contribution in [0.1, 0.15) is 40.0 Å². The van der Waals surface area contributed by atoms with E-state index in [-0.39, 0.29) is 11.6 Å². The summed E-state index contributed by atoms with van der Waals surface area (Å²) in [6, 6.07) is 12.1. The maximum atomic E-state index is 13.5. The van der Waals surface area contributed by atoms with E-state index in [0.29, 0.717) is 56.2 Å². The zero-order valence-electron chi connectivity index (χ0n) is 26.3. The Kier molecular flexibility index (Phi) is 13.9. The monoisotopic (exact) mass is 605 g/mol. The molecular formula is C34H45F2N7O. The normalized spacial score (nSPS) is 13.9. The van der Waals surface area contributed by atoms with E-state index in [4.69, 9.17) is 0 Å². The summed E-state index contributed by atoms with van der Waals surface area (Å²) in [5, 5.41) is 7.35. The average Bonchev–Trinajstić information content (AvgIpc) is 3.42. The van der Waals surface area contributed by atoms with Gasteiger partial charge in [-0.25, -0.2) is 23.4 Å². The highest BCUT2D eigenvalue weighted by atomic mass is 19.1. The molecule has 0 aliphatic carbocycles. The predicted molar refractivity (Wildman–Crippen MR) is 174 cm³/mol. The zero-order chi connectivity index (χ0) is 31.9. The van der Waals surface area contributed by atoms with Crippen LogP contribution in [0.2, 0.25) is 0 Å². The summed E-state index contributed by atoms with van der Waals surface area (Å²) in [6.45, 7) is 14.8. The van der Waals surface area contributed by atoms with E-state index < -0.39 is 0 Å². The third-order valence-corrected chi connectivity index (χ3v) is 7.26. The van der Waals surface area contributed by atoms with Crippen LogP contribution in [0.3, 0.4) is 0 Å². The van der Waals surface area contributed by atoms with Crippen molar-refractivity contribution in [3.63, 3.8) is 0 Å². The summed E-state index contributed by atoms with van der Waals surface area (Å²) in [5.74, 6) is 2.10. The molecule has 0 radical (unpaired) electrons. The van der Waals surface area contributed by atoms with Gasteiger partial charge in [-0.15, -0.1) is 0 Å². The van der Waals surface area contributed by atoms with Crippen LogP contribution in [0.5, 0.6) is 0 Å². The minimum Gasteiger partial charge on any atom is -0.357 e. The molecule has 1 aliphatic rings. The number of amidine groups is 1. The SMILES string of the molecule is C=CN=C(C=C(C)C)N(CCCn1nc(-c2ccc(F)cc2)nc1-c1ccc(F)cc1)CCNC=O.CC1CCN(C)CC1. The summed E-state index contributed by atoms with van der Waals surface area (Å²) in [4.78, 5) is 24.3. The highest BCUT2D eigenvalue weighted by Crippen LogP contribution is 2.23. The number of halogens is 2. The second kappa shape index (κ2) is 17.8. The van der Waals surface area contributed by atoms with E-state index in [2.05, 4.69) is 50.7 Å². The molecule has 1 fully saturated rings. The van der Waals surface area contributed by atoms with E-state index in [1.807, 2.05) is 19.9 Å². The van der Waals surface area contributed by atoms with Gasteiger partial charge in [0.05, 0.1) is 0 Å². The molecule has 0 atom stereocenters. The first-order valence-electron chi connectivity index (χ1n) is 15.1. The van der Waals surface area contributed by atoms with Crippen molar-refractivity contribution in [1.29, 1.82) is 0 Å². The number of hydrogen-bond acceptors (Lipinski definition) is 5. The first-order valence-corrected chi connectivity index (χ1v) is 15.1. The molecule has 0 spiro atoms. The van der Waals surface area contributed by atoms with Crippen LogP contribution < -0.4 is 5.32 Å². The molecule has 2 aromatic carbocycles. The second-order valence-corrected chi connectivity index (χ2v) is 11.3. The van der Waals surface area contributed by atoms with E-state index >= 15 is 0 Å². The predicted octanol–water partition coefficient (Wildman–Crippen LogP) is 6.18. The highest BCUT2D eigenvalue weighted by molar-refractivity contribution is 5.93. The highest BCUT2D eigenvalue weighted by Gasteiger charge is 2.16. The van der Waals surface area contributed by atoms with Gasteiger partial charge in [0.2, 0.25) is 6.41 Å². The van der Waals surface area contributed by atoms with Crippen molar-refractivity contribution in [2.45, 2.75) is 46.6 Å². The third kappa shape index (κ3) is 11.1. The number of carbonyl (C=O) groups is 1. The lowest BCUT2D eigenvalue weighted by atomic mass is 10.00. The fourth-order valence-electron chi connectivity index (χ4n) is 4.74. The lowest BCUT2D eigenvalue weighted by Gasteiger charge is -2.26. The van der Waals surface area contributed by atoms with Crippen molar-refractivity contribution in [2.75, 3.05) is 39.8 Å². The van der Waals surface area contributed by atoms with E-state index in [9.17, 15) is 13.6 Å². The van der Waals surface area contributed by atoms with E-state index in [0.717, 1.165) is 22.9 Å². The molecule has 236 valence electrons. The maximum Gasteiger partial charge on any atom is 0.207 e. The number of allylic oxidation sites excluding steroid dienone is 1. The molecular weight excluding hydrogens is 560 g/mol. The number of rotatable bonds is 12. The Labute approximate surface area is 260 Å². The van der Waals surface area contributed by atoms with Gasteiger partial charge >= 0.3 is 0 Å². The van der Waals surface area contributed by atoms with Crippen LogP contribution in [-0.4, -0.2) is 76.6 Å². The first-order chi connectivity index (χ1) is 21.2. The lowest BCUT2D eigenvalue weighted by Crippen LogP contribution is -2.37. The Morgan fingerprint density at radius 2 is 1.66 bits per heavy atom. The van der Waals surface area contributed by atoms with E-state index in [1.54, 1.807) is 28.9 Å². The van der Waals surface area contributed by atoms with Crippen LogP contribution in [0.25, 0.3) is 22.8 Å². The van der Waals surface area contributed by atoms with Crippen molar-refractivity contribution in [3.8, 4) is 22.8 Å². The van der Waals surface area contributed by atoms with Gasteiger partial charge in [-0.3, -0.25) is 4.79 Å². The molecule has 0 unspecified atom stereocenters. The topological polar surface area (TPSA) is 78.6 Å². The summed E-state index contributed by atoms with van der Waals surface area (Å²) in [5.41, 5.74) is 2.49. The number of amides is 1. The average molecular weight is 606 g/mol. The molecule has 4 rings (SSSR count). The second-order valence-electron chi connectivity index (χ2n) is 11.3. The van der Waals surface area contributed by atoms with Gasteiger partial charge in [-0.2, -0.15) is 5.10 Å². The molecule has 1 N–H and O–H groups in total. The summed E-state index contributed by atoms with van der Waals surface area (Å²) in [7, 11) is 2.20. The maximum absolute atomic E-state index is 13.5. The molecule has 0 bridgehead atoms. The Balaban J connectivity index is 0.000000572. The number of benzene rings is 2.